The van der Waals surface area contributed by atoms with Gasteiger partial charge in [0, 0.05) is 36.4 Å². The van der Waals surface area contributed by atoms with Gasteiger partial charge in [-0.3, -0.25) is 0 Å². The summed E-state index contributed by atoms with van der Waals surface area (Å²) in [6.45, 7) is 1.53. The van der Waals surface area contributed by atoms with Crippen LogP contribution in [0.3, 0.4) is 0 Å². The molecule has 3 heterocycles. The summed E-state index contributed by atoms with van der Waals surface area (Å²) in [7, 11) is 0. The second-order valence-electron chi connectivity index (χ2n) is 7.22. The first kappa shape index (κ1) is 17.8. The second kappa shape index (κ2) is 7.64. The van der Waals surface area contributed by atoms with Crippen LogP contribution >= 0.6 is 0 Å². The number of halogens is 1. The summed E-state index contributed by atoms with van der Waals surface area (Å²) < 4.78 is 21.2. The second-order valence-corrected chi connectivity index (χ2v) is 7.22. The lowest BCUT2D eigenvalue weighted by Crippen LogP contribution is -2.20. The molecule has 1 fully saturated rings. The predicted octanol–water partition coefficient (Wildman–Crippen LogP) is 4.79. The Morgan fingerprint density at radius 3 is 2.66 bits per heavy atom. The van der Waals surface area contributed by atoms with Crippen LogP contribution in [0.25, 0.3) is 28.2 Å². The fraction of sp³-hybridized carbons (Fsp3) is 0.217. The van der Waals surface area contributed by atoms with Crippen LogP contribution in [0.5, 0.6) is 0 Å². The van der Waals surface area contributed by atoms with Crippen LogP contribution in [0, 0.1) is 5.82 Å². The van der Waals surface area contributed by atoms with Gasteiger partial charge in [0.2, 0.25) is 0 Å². The zero-order valence-electron chi connectivity index (χ0n) is 15.9. The fourth-order valence-corrected chi connectivity index (χ4v) is 3.67. The van der Waals surface area contributed by atoms with Gasteiger partial charge in [0.15, 0.2) is 5.65 Å². The smallest absolute Gasteiger partial charge is 0.158 e. The molecule has 29 heavy (non-hydrogen) atoms. The minimum Gasteiger partial charge on any atom is -0.376 e. The monoisotopic (exact) mass is 388 g/mol. The third-order valence-electron chi connectivity index (χ3n) is 5.15. The van der Waals surface area contributed by atoms with Crippen molar-refractivity contribution in [2.75, 3.05) is 18.5 Å². The minimum atomic E-state index is -0.283. The number of hydrogen-bond donors (Lipinski definition) is 1. The van der Waals surface area contributed by atoms with E-state index >= 15 is 0 Å². The van der Waals surface area contributed by atoms with Gasteiger partial charge in [-0.1, -0.05) is 42.5 Å². The lowest BCUT2D eigenvalue weighted by Gasteiger charge is -2.14. The number of nitrogens with zero attached hydrogens (tertiary/aromatic N) is 3. The van der Waals surface area contributed by atoms with Crippen LogP contribution in [0.4, 0.5) is 10.2 Å². The number of fused-ring (bicyclic) bond motifs is 1. The van der Waals surface area contributed by atoms with Gasteiger partial charge < -0.3 is 10.1 Å². The van der Waals surface area contributed by atoms with E-state index in [1.165, 1.54) is 12.1 Å². The lowest BCUT2D eigenvalue weighted by atomic mass is 10.1. The molecule has 0 aliphatic carbocycles. The van der Waals surface area contributed by atoms with Crippen molar-refractivity contribution in [1.82, 2.24) is 14.6 Å². The first-order valence-electron chi connectivity index (χ1n) is 9.84. The molecule has 146 valence electrons. The highest BCUT2D eigenvalue weighted by Crippen LogP contribution is 2.26. The molecule has 2 aromatic carbocycles. The van der Waals surface area contributed by atoms with Gasteiger partial charge in [-0.2, -0.15) is 9.61 Å². The fourth-order valence-electron chi connectivity index (χ4n) is 3.67. The van der Waals surface area contributed by atoms with E-state index in [1.54, 1.807) is 10.6 Å². The molecule has 0 amide bonds. The Bertz CT molecular complexity index is 1140. The largest absolute Gasteiger partial charge is 0.376 e. The maximum Gasteiger partial charge on any atom is 0.158 e. The number of nitrogens with one attached hydrogen (secondary N) is 1. The Hall–Kier alpha value is -3.25. The van der Waals surface area contributed by atoms with Gasteiger partial charge in [-0.25, -0.2) is 9.37 Å². The molecule has 1 aliphatic rings. The normalized spacial score (nSPS) is 16.4. The van der Waals surface area contributed by atoms with Crippen molar-refractivity contribution in [1.29, 1.82) is 0 Å². The van der Waals surface area contributed by atoms with E-state index in [-0.39, 0.29) is 11.9 Å². The summed E-state index contributed by atoms with van der Waals surface area (Å²) in [4.78, 5) is 4.79. The Labute approximate surface area is 168 Å². The Morgan fingerprint density at radius 1 is 1.00 bits per heavy atom. The van der Waals surface area contributed by atoms with Gasteiger partial charge in [-0.05, 0) is 25.0 Å². The van der Waals surface area contributed by atoms with Crippen LogP contribution < -0.4 is 5.32 Å². The molecule has 1 saturated heterocycles. The summed E-state index contributed by atoms with van der Waals surface area (Å²) in [6, 6.07) is 20.4. The molecule has 4 aromatic rings. The molecule has 0 bridgehead atoms. The number of hydrogen-bond acceptors (Lipinski definition) is 4. The van der Waals surface area contributed by atoms with Gasteiger partial charge in [-0.15, -0.1) is 0 Å². The standard InChI is InChI=1S/C23H21FN4O/c24-18-9-4-8-17(12-18)21-14-23-26-20(16-6-2-1-3-7-16)13-22(28(23)27-21)25-15-19-10-5-11-29-19/h1-4,6-9,12-14,19,25H,5,10-11,15H2. The first-order chi connectivity index (χ1) is 14.3. The Balaban J connectivity index is 1.58. The van der Waals surface area contributed by atoms with E-state index in [9.17, 15) is 4.39 Å². The third kappa shape index (κ3) is 3.71. The van der Waals surface area contributed by atoms with Crippen molar-refractivity contribution in [3.05, 3.63) is 72.5 Å². The van der Waals surface area contributed by atoms with Crippen LogP contribution in [0.15, 0.2) is 66.7 Å². The number of ether oxygens (including phenoxy) is 1. The highest BCUT2D eigenvalue weighted by Gasteiger charge is 2.17. The number of aromatic nitrogens is 3. The molecule has 0 spiro atoms. The minimum absolute atomic E-state index is 0.205. The van der Waals surface area contributed by atoms with Crippen molar-refractivity contribution < 1.29 is 9.13 Å². The summed E-state index contributed by atoms with van der Waals surface area (Å²) in [6.07, 6.45) is 2.36. The molecule has 1 atom stereocenters. The maximum atomic E-state index is 13.7. The first-order valence-corrected chi connectivity index (χ1v) is 9.84. The number of rotatable bonds is 5. The van der Waals surface area contributed by atoms with Crippen molar-refractivity contribution in [3.8, 4) is 22.5 Å². The molecule has 1 N–H and O–H groups in total. The average Bonchev–Trinajstić information content (AvgIpc) is 3.42. The van der Waals surface area contributed by atoms with Crippen molar-refractivity contribution in [3.63, 3.8) is 0 Å². The molecule has 2 aromatic heterocycles. The lowest BCUT2D eigenvalue weighted by molar-refractivity contribution is 0.120. The van der Waals surface area contributed by atoms with Gasteiger partial charge >= 0.3 is 0 Å². The number of anilines is 1. The Kier molecular flexibility index (Phi) is 4.69. The van der Waals surface area contributed by atoms with Crippen molar-refractivity contribution >= 4 is 11.5 Å². The Morgan fingerprint density at radius 2 is 1.86 bits per heavy atom. The third-order valence-corrected chi connectivity index (χ3v) is 5.15. The highest BCUT2D eigenvalue weighted by molar-refractivity contribution is 5.70. The molecule has 0 radical (unpaired) electrons. The van der Waals surface area contributed by atoms with Crippen LogP contribution in [0.1, 0.15) is 12.8 Å². The highest BCUT2D eigenvalue weighted by atomic mass is 19.1. The van der Waals surface area contributed by atoms with E-state index in [4.69, 9.17) is 9.72 Å². The van der Waals surface area contributed by atoms with Crippen LogP contribution in [0.2, 0.25) is 0 Å². The summed E-state index contributed by atoms with van der Waals surface area (Å²) in [5.74, 6) is 0.557. The summed E-state index contributed by atoms with van der Waals surface area (Å²) >= 11 is 0. The van der Waals surface area contributed by atoms with Crippen molar-refractivity contribution in [2.45, 2.75) is 18.9 Å². The molecule has 5 rings (SSSR count). The summed E-state index contributed by atoms with van der Waals surface area (Å²) in [5, 5.41) is 8.17. The van der Waals surface area contributed by atoms with Crippen LogP contribution in [-0.4, -0.2) is 33.9 Å². The van der Waals surface area contributed by atoms with Gasteiger partial charge in [0.25, 0.3) is 0 Å². The molecule has 5 nitrogen and oxygen atoms in total. The van der Waals surface area contributed by atoms with E-state index in [2.05, 4.69) is 10.4 Å². The molecule has 0 saturated carbocycles. The predicted molar refractivity (Wildman–Crippen MR) is 111 cm³/mol. The molecule has 1 aliphatic heterocycles. The van der Waals surface area contributed by atoms with E-state index < -0.39 is 0 Å². The topological polar surface area (TPSA) is 51.5 Å². The molecule has 6 heteroatoms. The van der Waals surface area contributed by atoms with Crippen molar-refractivity contribution in [2.24, 2.45) is 0 Å². The summed E-state index contributed by atoms with van der Waals surface area (Å²) in [5.41, 5.74) is 4.01. The maximum absolute atomic E-state index is 13.7. The molecular weight excluding hydrogens is 367 g/mol. The van der Waals surface area contributed by atoms with E-state index in [1.807, 2.05) is 48.5 Å². The zero-order chi connectivity index (χ0) is 19.6. The molecule has 1 unspecified atom stereocenters. The zero-order valence-corrected chi connectivity index (χ0v) is 15.9. The van der Waals surface area contributed by atoms with Gasteiger partial charge in [0.1, 0.15) is 11.6 Å². The van der Waals surface area contributed by atoms with Gasteiger partial charge in [0.05, 0.1) is 17.5 Å². The van der Waals surface area contributed by atoms with E-state index in [0.717, 1.165) is 42.1 Å². The molecular formula is C23H21FN4O. The quantitative estimate of drug-likeness (QED) is 0.534. The SMILES string of the molecule is Fc1cccc(-c2cc3nc(-c4ccccc4)cc(NCC4CCCO4)n3n2)c1. The average molecular weight is 388 g/mol. The number of benzene rings is 2. The van der Waals surface area contributed by atoms with Crippen LogP contribution in [-0.2, 0) is 4.74 Å². The van der Waals surface area contributed by atoms with E-state index in [0.29, 0.717) is 17.9 Å².